The van der Waals surface area contributed by atoms with Gasteiger partial charge in [-0.05, 0) is 90.0 Å². The number of nitrogens with one attached hydrogen (secondary N) is 1. The molecule has 0 atom stereocenters. The second kappa shape index (κ2) is 20.6. The van der Waals surface area contributed by atoms with E-state index in [4.69, 9.17) is 33.5 Å². The zero-order valence-corrected chi connectivity index (χ0v) is 34.7. The summed E-state index contributed by atoms with van der Waals surface area (Å²) < 4.78 is 35.6. The second-order valence-corrected chi connectivity index (χ2v) is 13.7. The number of methoxy groups -OCH3 is 4. The molecule has 0 spiro atoms. The minimum atomic E-state index is -0.577. The van der Waals surface area contributed by atoms with Crippen LogP contribution in [0.25, 0.3) is 0 Å². The van der Waals surface area contributed by atoms with E-state index in [-0.39, 0.29) is 37.5 Å². The molecule has 17 nitrogen and oxygen atoms in total. The summed E-state index contributed by atoms with van der Waals surface area (Å²) in [6.45, 7) is 0.0909. The van der Waals surface area contributed by atoms with Gasteiger partial charge < -0.3 is 53.4 Å². The summed E-state index contributed by atoms with van der Waals surface area (Å²) in [5, 5.41) is 11.6. The number of carbonyl (C=O) groups is 6. The largest absolute Gasteiger partial charge is 0.497 e. The summed E-state index contributed by atoms with van der Waals surface area (Å²) >= 11 is 0. The van der Waals surface area contributed by atoms with E-state index in [1.165, 1.54) is 20.3 Å². The Balaban J connectivity index is 0.000000162. The van der Waals surface area contributed by atoms with E-state index in [9.17, 15) is 28.8 Å². The van der Waals surface area contributed by atoms with Crippen LogP contribution in [-0.2, 0) is 36.9 Å². The van der Waals surface area contributed by atoms with Crippen LogP contribution in [-0.4, -0.2) is 95.4 Å². The average molecular weight is 862 g/mol. The minimum Gasteiger partial charge on any atom is -0.497 e. The molecule has 326 valence electrons. The monoisotopic (exact) mass is 861 g/mol. The fourth-order valence-corrected chi connectivity index (χ4v) is 6.42. The van der Waals surface area contributed by atoms with E-state index in [0.29, 0.717) is 64.1 Å². The third kappa shape index (κ3) is 10.9. The predicted molar refractivity (Wildman–Crippen MR) is 227 cm³/mol. The molecule has 0 saturated heterocycles. The first-order valence-corrected chi connectivity index (χ1v) is 19.2. The normalized spacial score (nSPS) is 13.3. The van der Waals surface area contributed by atoms with Crippen LogP contribution < -0.4 is 38.8 Å². The molecule has 2 N–H and O–H groups in total. The smallest absolute Gasteiger partial charge is 0.337 e. The van der Waals surface area contributed by atoms with Crippen molar-refractivity contribution in [2.45, 2.75) is 13.1 Å². The minimum absolute atomic E-state index is 0.00453. The Hall–Kier alpha value is -7.92. The zero-order valence-electron chi connectivity index (χ0n) is 34.7. The molecule has 17 heteroatoms. The van der Waals surface area contributed by atoms with Crippen LogP contribution in [0, 0.1) is 0 Å². The molecule has 0 unspecified atom stereocenters. The molecule has 8 rings (SSSR count). The quantitative estimate of drug-likeness (QED) is 0.140. The number of hydrogen-bond donors (Lipinski definition) is 2. The number of anilines is 3. The molecule has 3 aliphatic heterocycles. The summed E-state index contributed by atoms with van der Waals surface area (Å²) in [5.74, 6) is 1.26. The van der Waals surface area contributed by atoms with Gasteiger partial charge >= 0.3 is 11.9 Å². The van der Waals surface area contributed by atoms with Gasteiger partial charge in [0.05, 0.1) is 69.7 Å². The van der Waals surface area contributed by atoms with Crippen molar-refractivity contribution < 1.29 is 67.0 Å². The van der Waals surface area contributed by atoms with Gasteiger partial charge in [-0.15, -0.1) is 0 Å². The van der Waals surface area contributed by atoms with Crippen LogP contribution in [0.15, 0.2) is 103 Å². The molecule has 0 fully saturated rings. The number of Topliss-reactive ketones (excluding diaryl/α,β-unsaturated/α-hetero) is 1. The highest BCUT2D eigenvalue weighted by molar-refractivity contribution is 6.03. The number of aliphatic hydroxyl groups excluding tert-OH is 1. The van der Waals surface area contributed by atoms with Crippen molar-refractivity contribution in [1.29, 1.82) is 0 Å². The summed E-state index contributed by atoms with van der Waals surface area (Å²) in [5.41, 5.74) is 4.54. The highest BCUT2D eigenvalue weighted by Gasteiger charge is 2.28. The molecular weight excluding hydrogens is 819 g/mol. The molecule has 0 bridgehead atoms. The van der Waals surface area contributed by atoms with Crippen molar-refractivity contribution in [3.63, 3.8) is 0 Å². The maximum absolute atomic E-state index is 12.3. The van der Waals surface area contributed by atoms with Gasteiger partial charge in [0.25, 0.3) is 17.7 Å². The van der Waals surface area contributed by atoms with Crippen molar-refractivity contribution in [2.75, 3.05) is 70.0 Å². The highest BCUT2D eigenvalue weighted by Crippen LogP contribution is 2.36. The fourth-order valence-electron chi connectivity index (χ4n) is 6.42. The number of esters is 2. The third-order valence-corrected chi connectivity index (χ3v) is 9.72. The lowest BCUT2D eigenvalue weighted by atomic mass is 10.1. The number of nitrogens with zero attached hydrogens (tertiary/aromatic N) is 2. The lowest BCUT2D eigenvalue weighted by molar-refractivity contribution is -0.122. The molecular formula is C46H43N3O14. The topological polar surface area (TPSA) is 206 Å². The third-order valence-electron chi connectivity index (χ3n) is 9.72. The summed E-state index contributed by atoms with van der Waals surface area (Å²) in [4.78, 5) is 73.4. The van der Waals surface area contributed by atoms with Crippen molar-refractivity contribution in [1.82, 2.24) is 0 Å². The number of ketones is 1. The Morgan fingerprint density at radius 2 is 1.00 bits per heavy atom. The molecule has 5 aromatic rings. The Morgan fingerprint density at radius 3 is 1.46 bits per heavy atom. The van der Waals surface area contributed by atoms with Crippen molar-refractivity contribution in [3.05, 3.63) is 131 Å². The van der Waals surface area contributed by atoms with E-state index < -0.39 is 24.3 Å². The first-order valence-electron chi connectivity index (χ1n) is 19.2. The molecule has 3 heterocycles. The maximum Gasteiger partial charge on any atom is 0.337 e. The van der Waals surface area contributed by atoms with Gasteiger partial charge in [-0.2, -0.15) is 0 Å². The number of benzene rings is 5. The van der Waals surface area contributed by atoms with Gasteiger partial charge in [-0.25, -0.2) is 9.59 Å². The Morgan fingerprint density at radius 1 is 0.571 bits per heavy atom. The van der Waals surface area contributed by atoms with Crippen molar-refractivity contribution in [3.8, 4) is 28.7 Å². The van der Waals surface area contributed by atoms with Crippen LogP contribution in [0.3, 0.4) is 0 Å². The lowest BCUT2D eigenvalue weighted by Crippen LogP contribution is -2.38. The highest BCUT2D eigenvalue weighted by atomic mass is 16.5. The molecule has 0 radical (unpaired) electrons. The molecule has 0 aliphatic carbocycles. The van der Waals surface area contributed by atoms with E-state index in [2.05, 4.69) is 10.1 Å². The molecule has 5 aromatic carbocycles. The average Bonchev–Trinajstić information content (AvgIpc) is 3.32. The van der Waals surface area contributed by atoms with Crippen LogP contribution in [0.1, 0.15) is 42.2 Å². The van der Waals surface area contributed by atoms with Gasteiger partial charge in [-0.1, -0.05) is 24.3 Å². The number of fused-ring (bicyclic) bond motifs is 3. The molecule has 0 aromatic heterocycles. The standard InChI is InChI=1S/2C18H17NO5.C10H9NO4/c1-22-14-6-3-12(4-7-14)10-19-15-9-13(18(21)23-2)5-8-16(15)24-11-17(19)20;1-23-14-5-2-12(3-6-14)9-19-15-8-13(16(21)10-20)4-7-17(15)24-11-18(19)22;1-14-10(13)6-2-3-8-7(4-6)11-9(12)5-15-8/h3-9H,10-11H2,1-2H3;2-8,20H,9-11H2,1H3;2-4H,5H2,1H3,(H,11,12). The van der Waals surface area contributed by atoms with Crippen molar-refractivity contribution in [2.24, 2.45) is 0 Å². The summed E-state index contributed by atoms with van der Waals surface area (Å²) in [6, 6.07) is 29.3. The SMILES string of the molecule is COC(=O)c1ccc2c(c1)N(Cc1ccc(OC)cc1)C(=O)CO2.COC(=O)c1ccc2c(c1)NC(=O)CO2.COc1ccc(CN2C(=O)COc3ccc(C(=O)CO)cc32)cc1. The van der Waals surface area contributed by atoms with Gasteiger partial charge in [0.2, 0.25) is 0 Å². The number of hydrogen-bond acceptors (Lipinski definition) is 14. The predicted octanol–water partition coefficient (Wildman–Crippen LogP) is 5.01. The number of ether oxygens (including phenoxy) is 7. The Bertz CT molecular complexity index is 2370. The van der Waals surface area contributed by atoms with Gasteiger partial charge in [0, 0.05) is 5.56 Å². The maximum atomic E-state index is 12.3. The van der Waals surface area contributed by atoms with Gasteiger partial charge in [-0.3, -0.25) is 19.2 Å². The van der Waals surface area contributed by atoms with Gasteiger partial charge in [0.1, 0.15) is 35.4 Å². The molecule has 3 aliphatic rings. The van der Waals surface area contributed by atoms with Crippen LogP contribution in [0.5, 0.6) is 28.7 Å². The second-order valence-electron chi connectivity index (χ2n) is 13.7. The van der Waals surface area contributed by atoms with Crippen LogP contribution in [0.2, 0.25) is 0 Å². The van der Waals surface area contributed by atoms with Crippen LogP contribution >= 0.6 is 0 Å². The van der Waals surface area contributed by atoms with E-state index in [1.807, 2.05) is 48.5 Å². The first kappa shape index (κ1) is 44.6. The van der Waals surface area contributed by atoms with E-state index in [0.717, 1.165) is 22.6 Å². The molecule has 3 amide bonds. The van der Waals surface area contributed by atoms with Crippen LogP contribution in [0.4, 0.5) is 17.1 Å². The Labute approximate surface area is 361 Å². The molecule has 0 saturated carbocycles. The van der Waals surface area contributed by atoms with E-state index >= 15 is 0 Å². The number of amides is 3. The first-order chi connectivity index (χ1) is 30.4. The summed E-state index contributed by atoms with van der Waals surface area (Å²) in [7, 11) is 5.82. The Kier molecular flexibility index (Phi) is 14.6. The lowest BCUT2D eigenvalue weighted by Gasteiger charge is -2.29. The number of aliphatic hydroxyl groups is 1. The summed E-state index contributed by atoms with van der Waals surface area (Å²) in [6.07, 6.45) is 0. The van der Waals surface area contributed by atoms with Gasteiger partial charge in [0.15, 0.2) is 25.6 Å². The molecule has 63 heavy (non-hydrogen) atoms. The zero-order chi connectivity index (χ0) is 45.0. The van der Waals surface area contributed by atoms with Crippen molar-refractivity contribution >= 4 is 52.5 Å². The van der Waals surface area contributed by atoms with E-state index in [1.54, 1.807) is 72.6 Å². The number of carbonyl (C=O) groups excluding carboxylic acids is 6. The number of rotatable bonds is 10. The fraction of sp³-hybridized carbons (Fsp3) is 0.217.